The zero-order valence-corrected chi connectivity index (χ0v) is 12.5. The Kier molecular flexibility index (Phi) is 4.26. The highest BCUT2D eigenvalue weighted by Crippen LogP contribution is 2.34. The van der Waals surface area contributed by atoms with Crippen LogP contribution in [0.2, 0.25) is 0 Å². The van der Waals surface area contributed by atoms with Gasteiger partial charge in [0, 0.05) is 11.9 Å². The van der Waals surface area contributed by atoms with Crippen molar-refractivity contribution in [2.45, 2.75) is 24.8 Å². The predicted octanol–water partition coefficient (Wildman–Crippen LogP) is 3.29. The maximum absolute atomic E-state index is 12.4. The number of hydrogen-bond acceptors (Lipinski definition) is 1. The standard InChI is InChI=1S/C18H18ClNO/c19-12-15(10-13-6-2-1-3-7-13)20-18(21)17-11-14-8-4-5-9-16(14)17/h1-9,15,17H,10-12H2,(H,20,21). The third kappa shape index (κ3) is 3.11. The fourth-order valence-corrected chi connectivity index (χ4v) is 3.02. The summed E-state index contributed by atoms with van der Waals surface area (Å²) in [4.78, 5) is 12.4. The van der Waals surface area contributed by atoms with E-state index >= 15 is 0 Å². The molecule has 0 bridgehead atoms. The van der Waals surface area contributed by atoms with Crippen LogP contribution < -0.4 is 5.32 Å². The molecule has 2 unspecified atom stereocenters. The molecule has 0 aliphatic heterocycles. The molecule has 0 aromatic heterocycles. The third-order valence-corrected chi connectivity index (χ3v) is 4.40. The lowest BCUT2D eigenvalue weighted by molar-refractivity contribution is -0.123. The first kappa shape index (κ1) is 14.2. The SMILES string of the molecule is O=C(NC(CCl)Cc1ccccc1)C1Cc2ccccc21. The maximum atomic E-state index is 12.4. The zero-order valence-electron chi connectivity index (χ0n) is 11.8. The van der Waals surface area contributed by atoms with Gasteiger partial charge >= 0.3 is 0 Å². The van der Waals surface area contributed by atoms with Crippen LogP contribution in [-0.2, 0) is 17.6 Å². The Hall–Kier alpha value is -1.80. The van der Waals surface area contributed by atoms with Crippen molar-refractivity contribution in [1.29, 1.82) is 0 Å². The highest BCUT2D eigenvalue weighted by atomic mass is 35.5. The summed E-state index contributed by atoms with van der Waals surface area (Å²) >= 11 is 6.01. The van der Waals surface area contributed by atoms with Crippen LogP contribution >= 0.6 is 11.6 Å². The fraction of sp³-hybridized carbons (Fsp3) is 0.278. The summed E-state index contributed by atoms with van der Waals surface area (Å²) in [5, 5.41) is 3.09. The molecule has 2 aromatic carbocycles. The van der Waals surface area contributed by atoms with E-state index in [1.54, 1.807) is 0 Å². The van der Waals surface area contributed by atoms with Crippen LogP contribution in [0.5, 0.6) is 0 Å². The summed E-state index contributed by atoms with van der Waals surface area (Å²) in [6.45, 7) is 0. The molecule has 2 aromatic rings. The lowest BCUT2D eigenvalue weighted by Crippen LogP contribution is -2.43. The Morgan fingerprint density at radius 1 is 1.14 bits per heavy atom. The van der Waals surface area contributed by atoms with Gasteiger partial charge < -0.3 is 5.32 Å². The number of halogens is 1. The van der Waals surface area contributed by atoms with Gasteiger partial charge in [0.15, 0.2) is 0 Å². The molecule has 1 aliphatic rings. The molecule has 21 heavy (non-hydrogen) atoms. The highest BCUT2D eigenvalue weighted by molar-refractivity contribution is 6.18. The second kappa shape index (κ2) is 6.31. The highest BCUT2D eigenvalue weighted by Gasteiger charge is 2.32. The molecule has 3 rings (SSSR count). The van der Waals surface area contributed by atoms with E-state index in [0.717, 1.165) is 18.4 Å². The molecular weight excluding hydrogens is 282 g/mol. The molecule has 0 saturated heterocycles. The van der Waals surface area contributed by atoms with Gasteiger partial charge in [-0.3, -0.25) is 4.79 Å². The van der Waals surface area contributed by atoms with E-state index in [9.17, 15) is 4.79 Å². The molecule has 0 heterocycles. The molecule has 1 N–H and O–H groups in total. The third-order valence-electron chi connectivity index (χ3n) is 4.03. The van der Waals surface area contributed by atoms with E-state index in [1.165, 1.54) is 11.1 Å². The smallest absolute Gasteiger partial charge is 0.228 e. The fourth-order valence-electron chi connectivity index (χ4n) is 2.84. The number of rotatable bonds is 5. The van der Waals surface area contributed by atoms with Gasteiger partial charge in [-0.1, -0.05) is 54.6 Å². The Balaban J connectivity index is 1.61. The Morgan fingerprint density at radius 2 is 1.86 bits per heavy atom. The molecule has 1 aliphatic carbocycles. The molecule has 0 fully saturated rings. The van der Waals surface area contributed by atoms with Gasteiger partial charge in [0.05, 0.1) is 5.92 Å². The minimum absolute atomic E-state index is 0.0114. The average Bonchev–Trinajstić information content (AvgIpc) is 2.49. The van der Waals surface area contributed by atoms with Crippen molar-refractivity contribution in [2.75, 3.05) is 5.88 Å². The lowest BCUT2D eigenvalue weighted by atomic mass is 9.77. The number of alkyl halides is 1. The topological polar surface area (TPSA) is 29.1 Å². The van der Waals surface area contributed by atoms with Gasteiger partial charge in [0.25, 0.3) is 0 Å². The molecule has 0 radical (unpaired) electrons. The zero-order chi connectivity index (χ0) is 14.7. The molecule has 0 spiro atoms. The normalized spacial score (nSPS) is 17.5. The monoisotopic (exact) mass is 299 g/mol. The van der Waals surface area contributed by atoms with Crippen LogP contribution in [0.1, 0.15) is 22.6 Å². The number of amides is 1. The Morgan fingerprint density at radius 3 is 2.57 bits per heavy atom. The van der Waals surface area contributed by atoms with E-state index in [2.05, 4.69) is 23.5 Å². The van der Waals surface area contributed by atoms with Crippen LogP contribution in [-0.4, -0.2) is 17.8 Å². The summed E-state index contributed by atoms with van der Waals surface area (Å²) in [5.41, 5.74) is 3.63. The van der Waals surface area contributed by atoms with E-state index < -0.39 is 0 Å². The van der Waals surface area contributed by atoms with Crippen molar-refractivity contribution in [3.8, 4) is 0 Å². The maximum Gasteiger partial charge on any atom is 0.228 e. The van der Waals surface area contributed by atoms with Crippen molar-refractivity contribution in [2.24, 2.45) is 0 Å². The van der Waals surface area contributed by atoms with Gasteiger partial charge in [-0.2, -0.15) is 0 Å². The number of hydrogen-bond donors (Lipinski definition) is 1. The number of carbonyl (C=O) groups excluding carboxylic acids is 1. The molecular formula is C18H18ClNO. The number of fused-ring (bicyclic) bond motifs is 1. The first-order valence-electron chi connectivity index (χ1n) is 7.26. The lowest BCUT2D eigenvalue weighted by Gasteiger charge is -2.30. The van der Waals surface area contributed by atoms with Gasteiger partial charge in [0.2, 0.25) is 5.91 Å². The van der Waals surface area contributed by atoms with E-state index in [-0.39, 0.29) is 17.9 Å². The average molecular weight is 300 g/mol. The molecule has 1 amide bonds. The minimum atomic E-state index is -0.0191. The van der Waals surface area contributed by atoms with E-state index in [1.807, 2.05) is 36.4 Å². The van der Waals surface area contributed by atoms with E-state index in [4.69, 9.17) is 11.6 Å². The van der Waals surface area contributed by atoms with Gasteiger partial charge in [-0.25, -0.2) is 0 Å². The minimum Gasteiger partial charge on any atom is -0.351 e. The first-order valence-corrected chi connectivity index (χ1v) is 7.79. The van der Waals surface area contributed by atoms with Crippen LogP contribution in [0.15, 0.2) is 54.6 Å². The molecule has 2 nitrogen and oxygen atoms in total. The van der Waals surface area contributed by atoms with E-state index in [0.29, 0.717) is 5.88 Å². The van der Waals surface area contributed by atoms with Crippen molar-refractivity contribution < 1.29 is 4.79 Å². The number of benzene rings is 2. The summed E-state index contributed by atoms with van der Waals surface area (Å²) in [7, 11) is 0. The number of carbonyl (C=O) groups is 1. The van der Waals surface area contributed by atoms with Gasteiger partial charge in [0.1, 0.15) is 0 Å². The van der Waals surface area contributed by atoms with Crippen molar-refractivity contribution in [3.63, 3.8) is 0 Å². The molecule has 3 heteroatoms. The van der Waals surface area contributed by atoms with Crippen molar-refractivity contribution in [1.82, 2.24) is 5.32 Å². The molecule has 2 atom stereocenters. The largest absolute Gasteiger partial charge is 0.351 e. The Bertz CT molecular complexity index is 626. The van der Waals surface area contributed by atoms with Crippen LogP contribution in [0, 0.1) is 0 Å². The quantitative estimate of drug-likeness (QED) is 0.843. The van der Waals surface area contributed by atoms with Gasteiger partial charge in [-0.15, -0.1) is 11.6 Å². The predicted molar refractivity (Wildman–Crippen MR) is 85.7 cm³/mol. The molecule has 0 saturated carbocycles. The van der Waals surface area contributed by atoms with Crippen LogP contribution in [0.3, 0.4) is 0 Å². The molecule has 108 valence electrons. The summed E-state index contributed by atoms with van der Waals surface area (Å²) in [6.07, 6.45) is 1.60. The Labute approximate surface area is 130 Å². The second-order valence-corrected chi connectivity index (χ2v) is 5.81. The van der Waals surface area contributed by atoms with Gasteiger partial charge in [-0.05, 0) is 29.5 Å². The second-order valence-electron chi connectivity index (χ2n) is 5.51. The van der Waals surface area contributed by atoms with Crippen LogP contribution in [0.25, 0.3) is 0 Å². The number of nitrogens with one attached hydrogen (secondary N) is 1. The summed E-state index contributed by atoms with van der Waals surface area (Å²) in [5.74, 6) is 0.507. The summed E-state index contributed by atoms with van der Waals surface area (Å²) < 4.78 is 0. The summed E-state index contributed by atoms with van der Waals surface area (Å²) in [6, 6.07) is 18.2. The van der Waals surface area contributed by atoms with Crippen LogP contribution in [0.4, 0.5) is 0 Å². The van der Waals surface area contributed by atoms with Crippen molar-refractivity contribution >= 4 is 17.5 Å². The first-order chi connectivity index (χ1) is 10.3. The van der Waals surface area contributed by atoms with Crippen molar-refractivity contribution in [3.05, 3.63) is 71.3 Å².